The molecule has 0 unspecified atom stereocenters. The average Bonchev–Trinajstić information content (AvgIpc) is 2.41. The molecule has 2 N–H and O–H groups in total. The van der Waals surface area contributed by atoms with Crippen LogP contribution in [0.25, 0.3) is 11.1 Å². The van der Waals surface area contributed by atoms with Crippen molar-refractivity contribution in [2.45, 2.75) is 12.6 Å². The van der Waals surface area contributed by atoms with Crippen LogP contribution in [0.3, 0.4) is 0 Å². The van der Waals surface area contributed by atoms with Crippen molar-refractivity contribution in [1.29, 1.82) is 0 Å². The van der Waals surface area contributed by atoms with Crippen molar-refractivity contribution >= 4 is 0 Å². The molecular weight excluding hydrogens is 270 g/mol. The van der Waals surface area contributed by atoms with Gasteiger partial charge < -0.3 is 5.73 Å². The van der Waals surface area contributed by atoms with Gasteiger partial charge in [-0.25, -0.2) is 4.39 Å². The first-order valence-corrected chi connectivity index (χ1v) is 6.08. The summed E-state index contributed by atoms with van der Waals surface area (Å²) in [5.41, 5.74) is 5.34. The minimum Gasteiger partial charge on any atom is -0.330 e. The Morgan fingerprint density at radius 3 is 2.35 bits per heavy atom. The van der Waals surface area contributed by atoms with Crippen molar-refractivity contribution < 1.29 is 17.6 Å². The Labute approximate surface area is 114 Å². The number of rotatable bonds is 3. The van der Waals surface area contributed by atoms with Crippen molar-refractivity contribution in [3.63, 3.8) is 0 Å². The normalized spacial score (nSPS) is 11.7. The molecule has 0 aliphatic rings. The van der Waals surface area contributed by atoms with Gasteiger partial charge in [0.1, 0.15) is 5.82 Å². The Hall–Kier alpha value is -1.88. The van der Waals surface area contributed by atoms with Crippen molar-refractivity contribution in [3.05, 3.63) is 59.4 Å². The molecule has 0 spiro atoms. The monoisotopic (exact) mass is 283 g/mol. The lowest BCUT2D eigenvalue weighted by Gasteiger charge is -2.13. The highest BCUT2D eigenvalue weighted by Crippen LogP contribution is 2.37. The number of hydrogen-bond donors (Lipinski definition) is 1. The summed E-state index contributed by atoms with van der Waals surface area (Å²) in [6.07, 6.45) is -4.16. The minimum absolute atomic E-state index is 0.0401. The highest BCUT2D eigenvalue weighted by atomic mass is 19.4. The summed E-state index contributed by atoms with van der Waals surface area (Å²) < 4.78 is 52.4. The van der Waals surface area contributed by atoms with Crippen LogP contribution in [0.5, 0.6) is 0 Å². The van der Waals surface area contributed by atoms with Crippen molar-refractivity contribution in [2.75, 3.05) is 6.54 Å². The van der Waals surface area contributed by atoms with Crippen molar-refractivity contribution in [2.24, 2.45) is 5.73 Å². The van der Waals surface area contributed by atoms with Crippen LogP contribution < -0.4 is 5.73 Å². The summed E-state index contributed by atoms with van der Waals surface area (Å²) in [6.45, 7) is 0.237. The predicted molar refractivity (Wildman–Crippen MR) is 69.6 cm³/mol. The van der Waals surface area contributed by atoms with Crippen LogP contribution in [-0.4, -0.2) is 6.54 Å². The largest absolute Gasteiger partial charge is 0.417 e. The molecule has 0 atom stereocenters. The second kappa shape index (κ2) is 5.63. The second-order valence-corrected chi connectivity index (χ2v) is 4.39. The second-order valence-electron chi connectivity index (χ2n) is 4.39. The maximum Gasteiger partial charge on any atom is 0.417 e. The molecule has 0 radical (unpaired) electrons. The van der Waals surface area contributed by atoms with Gasteiger partial charge in [-0.15, -0.1) is 0 Å². The minimum atomic E-state index is -4.45. The topological polar surface area (TPSA) is 26.0 Å². The number of alkyl halides is 3. The molecular formula is C15H13F4N. The van der Waals surface area contributed by atoms with E-state index in [1.165, 1.54) is 36.4 Å². The smallest absolute Gasteiger partial charge is 0.330 e. The van der Waals surface area contributed by atoms with E-state index in [1.54, 1.807) is 0 Å². The standard InChI is InChI=1S/C15H13F4N/c16-14-6-5-10(9-11(14)7-8-20)12-3-1-2-4-13(12)15(17,18)19/h1-6,9H,7-8,20H2. The zero-order valence-electron chi connectivity index (χ0n) is 10.5. The predicted octanol–water partition coefficient (Wildman–Crippen LogP) is 4.01. The highest BCUT2D eigenvalue weighted by molar-refractivity contribution is 5.68. The lowest BCUT2D eigenvalue weighted by molar-refractivity contribution is -0.137. The van der Waals surface area contributed by atoms with E-state index in [-0.39, 0.29) is 18.5 Å². The molecule has 20 heavy (non-hydrogen) atoms. The van der Waals surface area contributed by atoms with E-state index in [1.807, 2.05) is 0 Å². The van der Waals surface area contributed by atoms with E-state index >= 15 is 0 Å². The lowest BCUT2D eigenvalue weighted by Crippen LogP contribution is -2.08. The van der Waals surface area contributed by atoms with Gasteiger partial charge in [0.25, 0.3) is 0 Å². The van der Waals surface area contributed by atoms with Crippen LogP contribution in [-0.2, 0) is 12.6 Å². The maximum atomic E-state index is 13.5. The van der Waals surface area contributed by atoms with Crippen LogP contribution >= 0.6 is 0 Å². The van der Waals surface area contributed by atoms with Gasteiger partial charge in [0.2, 0.25) is 0 Å². The molecule has 0 heterocycles. The van der Waals surface area contributed by atoms with E-state index in [4.69, 9.17) is 5.73 Å². The van der Waals surface area contributed by atoms with Gasteiger partial charge in [0.15, 0.2) is 0 Å². The third-order valence-corrected chi connectivity index (χ3v) is 3.00. The van der Waals surface area contributed by atoms with E-state index in [0.29, 0.717) is 11.1 Å². The Morgan fingerprint density at radius 1 is 1.00 bits per heavy atom. The van der Waals surface area contributed by atoms with E-state index in [9.17, 15) is 17.6 Å². The van der Waals surface area contributed by atoms with Gasteiger partial charge in [-0.05, 0) is 47.9 Å². The SMILES string of the molecule is NCCc1cc(-c2ccccc2C(F)(F)F)ccc1F. The first-order chi connectivity index (χ1) is 9.43. The van der Waals surface area contributed by atoms with Crippen LogP contribution in [0, 0.1) is 5.82 Å². The molecule has 0 bridgehead atoms. The van der Waals surface area contributed by atoms with E-state index in [2.05, 4.69) is 0 Å². The van der Waals surface area contributed by atoms with Gasteiger partial charge in [-0.1, -0.05) is 24.3 Å². The van der Waals surface area contributed by atoms with E-state index in [0.717, 1.165) is 6.07 Å². The van der Waals surface area contributed by atoms with Crippen molar-refractivity contribution in [3.8, 4) is 11.1 Å². The molecule has 1 nitrogen and oxygen atoms in total. The van der Waals surface area contributed by atoms with E-state index < -0.39 is 17.6 Å². The molecule has 0 saturated carbocycles. The van der Waals surface area contributed by atoms with Gasteiger partial charge in [-0.2, -0.15) is 13.2 Å². The Morgan fingerprint density at radius 2 is 1.70 bits per heavy atom. The zero-order valence-corrected chi connectivity index (χ0v) is 10.5. The Bertz CT molecular complexity index is 605. The summed E-state index contributed by atoms with van der Waals surface area (Å²) in [6, 6.07) is 9.19. The highest BCUT2D eigenvalue weighted by Gasteiger charge is 2.33. The lowest BCUT2D eigenvalue weighted by atomic mass is 9.97. The zero-order chi connectivity index (χ0) is 14.8. The average molecular weight is 283 g/mol. The first-order valence-electron chi connectivity index (χ1n) is 6.08. The molecule has 5 heteroatoms. The maximum absolute atomic E-state index is 13.5. The Kier molecular flexibility index (Phi) is 4.09. The molecule has 0 fully saturated rings. The van der Waals surface area contributed by atoms with Crippen molar-refractivity contribution in [1.82, 2.24) is 0 Å². The molecule has 0 saturated heterocycles. The van der Waals surface area contributed by atoms with Crippen LogP contribution in [0.4, 0.5) is 17.6 Å². The third-order valence-electron chi connectivity index (χ3n) is 3.00. The number of halogens is 4. The van der Waals surface area contributed by atoms with Gasteiger partial charge in [0, 0.05) is 0 Å². The summed E-state index contributed by atoms with van der Waals surface area (Å²) >= 11 is 0. The molecule has 0 aliphatic carbocycles. The Balaban J connectivity index is 2.55. The molecule has 2 aromatic carbocycles. The van der Waals surface area contributed by atoms with Crippen LogP contribution in [0.1, 0.15) is 11.1 Å². The quantitative estimate of drug-likeness (QED) is 0.846. The molecule has 0 aromatic heterocycles. The number of nitrogens with two attached hydrogens (primary N) is 1. The molecule has 2 aromatic rings. The van der Waals surface area contributed by atoms with Gasteiger partial charge in [-0.3, -0.25) is 0 Å². The first kappa shape index (κ1) is 14.5. The fourth-order valence-electron chi connectivity index (χ4n) is 2.07. The van der Waals surface area contributed by atoms with Crippen LogP contribution in [0.2, 0.25) is 0 Å². The fraction of sp³-hybridized carbons (Fsp3) is 0.200. The fourth-order valence-corrected chi connectivity index (χ4v) is 2.07. The molecule has 0 aliphatic heterocycles. The summed E-state index contributed by atoms with van der Waals surface area (Å²) in [5.74, 6) is -0.455. The third kappa shape index (κ3) is 2.99. The number of benzene rings is 2. The summed E-state index contributed by atoms with van der Waals surface area (Å²) in [7, 11) is 0. The summed E-state index contributed by atoms with van der Waals surface area (Å²) in [5, 5.41) is 0. The number of hydrogen-bond acceptors (Lipinski definition) is 1. The van der Waals surface area contributed by atoms with Crippen LogP contribution in [0.15, 0.2) is 42.5 Å². The summed E-state index contributed by atoms with van der Waals surface area (Å²) in [4.78, 5) is 0. The molecule has 2 rings (SSSR count). The van der Waals surface area contributed by atoms with Gasteiger partial charge >= 0.3 is 6.18 Å². The molecule has 0 amide bonds. The molecule has 106 valence electrons. The van der Waals surface area contributed by atoms with Gasteiger partial charge in [0.05, 0.1) is 5.56 Å².